The molecule has 0 amide bonds. The van der Waals surface area contributed by atoms with Crippen molar-refractivity contribution >= 4 is 23.5 Å². The van der Waals surface area contributed by atoms with E-state index in [0.29, 0.717) is 23.3 Å². The lowest BCUT2D eigenvalue weighted by atomic mass is 10.2. The quantitative estimate of drug-likeness (QED) is 0.501. The minimum absolute atomic E-state index is 0.268. The van der Waals surface area contributed by atoms with Gasteiger partial charge in [-0.25, -0.2) is 0 Å². The highest BCUT2D eigenvalue weighted by Crippen LogP contribution is 2.23. The molecule has 0 radical (unpaired) electrons. The maximum Gasteiger partial charge on any atom is 0.299 e. The zero-order valence-corrected chi connectivity index (χ0v) is 16.9. The predicted octanol–water partition coefficient (Wildman–Crippen LogP) is 4.30. The number of hydrogen-bond acceptors (Lipinski definition) is 6. The molecule has 2 aromatic heterocycles. The Morgan fingerprint density at radius 3 is 2.53 bits per heavy atom. The normalized spacial score (nSPS) is 10.6. The van der Waals surface area contributed by atoms with Crippen LogP contribution in [0.3, 0.4) is 0 Å². The number of rotatable bonds is 6. The Kier molecular flexibility index (Phi) is 5.72. The molecule has 0 saturated heterocycles. The minimum atomic E-state index is -0.385. The zero-order chi connectivity index (χ0) is 20.9. The van der Waals surface area contributed by atoms with E-state index >= 15 is 0 Å². The van der Waals surface area contributed by atoms with Crippen molar-refractivity contribution in [3.63, 3.8) is 0 Å². The van der Waals surface area contributed by atoms with Crippen LogP contribution in [0.25, 0.3) is 11.4 Å². The number of carbonyl (C=O) groups is 1. The molecule has 0 aliphatic rings. The van der Waals surface area contributed by atoms with E-state index in [2.05, 4.69) is 20.4 Å². The van der Waals surface area contributed by atoms with Crippen molar-refractivity contribution in [2.75, 3.05) is 12.4 Å². The van der Waals surface area contributed by atoms with E-state index < -0.39 is 0 Å². The third-order valence-electron chi connectivity index (χ3n) is 4.43. The third kappa shape index (κ3) is 4.16. The standard InChI is InChI=1S/C22H18ClN5O2/c1-30-17-11-9-15(10-12-17)20-26-22(25-14-16-6-2-3-7-18(16)23)28(27-20)21(29)19-8-4-5-13-24-19/h2-13H,14H2,1H3,(H,25,26,27). The summed E-state index contributed by atoms with van der Waals surface area (Å²) < 4.78 is 6.42. The molecule has 2 aromatic carbocycles. The van der Waals surface area contributed by atoms with Crippen LogP contribution in [0.15, 0.2) is 72.9 Å². The molecule has 2 heterocycles. The van der Waals surface area contributed by atoms with Crippen LogP contribution < -0.4 is 10.1 Å². The molecule has 1 N–H and O–H groups in total. The molecule has 0 atom stereocenters. The van der Waals surface area contributed by atoms with Crippen LogP contribution in [0.4, 0.5) is 5.95 Å². The Morgan fingerprint density at radius 2 is 1.83 bits per heavy atom. The fourth-order valence-corrected chi connectivity index (χ4v) is 3.05. The summed E-state index contributed by atoms with van der Waals surface area (Å²) in [7, 11) is 1.60. The van der Waals surface area contributed by atoms with Crippen LogP contribution in [0.5, 0.6) is 5.75 Å². The molecule has 30 heavy (non-hydrogen) atoms. The Labute approximate surface area is 178 Å². The van der Waals surface area contributed by atoms with Crippen LogP contribution in [0.2, 0.25) is 5.02 Å². The van der Waals surface area contributed by atoms with E-state index in [1.807, 2.05) is 48.5 Å². The maximum atomic E-state index is 13.0. The number of hydrogen-bond donors (Lipinski definition) is 1. The summed E-state index contributed by atoms with van der Waals surface area (Å²) in [6, 6.07) is 19.9. The molecule has 8 heteroatoms. The second-order valence-electron chi connectivity index (χ2n) is 6.36. The second kappa shape index (κ2) is 8.75. The van der Waals surface area contributed by atoms with E-state index in [-0.39, 0.29) is 11.6 Å². The maximum absolute atomic E-state index is 13.0. The highest BCUT2D eigenvalue weighted by Gasteiger charge is 2.19. The van der Waals surface area contributed by atoms with E-state index in [0.717, 1.165) is 16.9 Å². The number of benzene rings is 2. The lowest BCUT2D eigenvalue weighted by Crippen LogP contribution is -2.18. The Hall–Kier alpha value is -3.71. The lowest BCUT2D eigenvalue weighted by Gasteiger charge is -2.08. The molecule has 0 aliphatic carbocycles. The summed E-state index contributed by atoms with van der Waals surface area (Å²) in [5.74, 6) is 1.05. The Bertz CT molecular complexity index is 1160. The van der Waals surface area contributed by atoms with Gasteiger partial charge in [-0.3, -0.25) is 9.78 Å². The number of methoxy groups -OCH3 is 1. The second-order valence-corrected chi connectivity index (χ2v) is 6.77. The van der Waals surface area contributed by atoms with Crippen molar-refractivity contribution in [1.29, 1.82) is 0 Å². The zero-order valence-electron chi connectivity index (χ0n) is 16.1. The molecular formula is C22H18ClN5O2. The fraction of sp³-hybridized carbons (Fsp3) is 0.0909. The van der Waals surface area contributed by atoms with Crippen molar-refractivity contribution in [1.82, 2.24) is 19.7 Å². The third-order valence-corrected chi connectivity index (χ3v) is 4.80. The summed E-state index contributed by atoms with van der Waals surface area (Å²) in [4.78, 5) is 21.7. The Morgan fingerprint density at radius 1 is 1.07 bits per heavy atom. The van der Waals surface area contributed by atoms with E-state index in [9.17, 15) is 4.79 Å². The highest BCUT2D eigenvalue weighted by atomic mass is 35.5. The number of ether oxygens (including phenoxy) is 1. The van der Waals surface area contributed by atoms with Gasteiger partial charge in [0, 0.05) is 23.3 Å². The average Bonchev–Trinajstić information content (AvgIpc) is 3.23. The number of nitrogens with zero attached hydrogens (tertiary/aromatic N) is 4. The number of anilines is 1. The van der Waals surface area contributed by atoms with Crippen molar-refractivity contribution in [2.45, 2.75) is 6.54 Å². The van der Waals surface area contributed by atoms with Gasteiger partial charge in [0.2, 0.25) is 5.95 Å². The number of pyridine rings is 1. The molecular weight excluding hydrogens is 402 g/mol. The van der Waals surface area contributed by atoms with Crippen LogP contribution >= 0.6 is 11.6 Å². The van der Waals surface area contributed by atoms with E-state index in [1.54, 1.807) is 31.5 Å². The van der Waals surface area contributed by atoms with Crippen LogP contribution in [-0.2, 0) is 6.54 Å². The van der Waals surface area contributed by atoms with Crippen molar-refractivity contribution < 1.29 is 9.53 Å². The van der Waals surface area contributed by atoms with Gasteiger partial charge in [-0.2, -0.15) is 9.67 Å². The van der Waals surface area contributed by atoms with Gasteiger partial charge in [-0.05, 0) is 48.0 Å². The summed E-state index contributed by atoms with van der Waals surface area (Å²) in [5, 5.41) is 8.22. The van der Waals surface area contributed by atoms with Crippen LogP contribution in [-0.4, -0.2) is 32.8 Å². The topological polar surface area (TPSA) is 81.9 Å². The summed E-state index contributed by atoms with van der Waals surface area (Å²) in [6.07, 6.45) is 1.56. The molecule has 0 aliphatic heterocycles. The SMILES string of the molecule is COc1ccc(-c2nc(NCc3ccccc3Cl)n(C(=O)c3ccccn3)n2)cc1. The molecule has 0 unspecified atom stereocenters. The number of carbonyl (C=O) groups excluding carboxylic acids is 1. The number of aromatic nitrogens is 4. The van der Waals surface area contributed by atoms with Gasteiger partial charge < -0.3 is 10.1 Å². The van der Waals surface area contributed by atoms with Crippen molar-refractivity contribution in [3.05, 3.63) is 89.2 Å². The molecule has 0 spiro atoms. The predicted molar refractivity (Wildman–Crippen MR) is 115 cm³/mol. The fourth-order valence-electron chi connectivity index (χ4n) is 2.84. The molecule has 0 fully saturated rings. The largest absolute Gasteiger partial charge is 0.497 e. The van der Waals surface area contributed by atoms with Gasteiger partial charge in [0.15, 0.2) is 5.82 Å². The number of halogens is 1. The first-order valence-corrected chi connectivity index (χ1v) is 9.58. The first-order valence-electron chi connectivity index (χ1n) is 9.20. The monoisotopic (exact) mass is 419 g/mol. The summed E-state index contributed by atoms with van der Waals surface area (Å²) in [6.45, 7) is 0.385. The van der Waals surface area contributed by atoms with Crippen LogP contribution in [0.1, 0.15) is 16.1 Å². The molecule has 0 saturated carbocycles. The van der Waals surface area contributed by atoms with Gasteiger partial charge in [0.1, 0.15) is 11.4 Å². The van der Waals surface area contributed by atoms with Gasteiger partial charge in [-0.15, -0.1) is 5.10 Å². The Balaban J connectivity index is 1.69. The molecule has 0 bridgehead atoms. The van der Waals surface area contributed by atoms with Gasteiger partial charge in [0.05, 0.1) is 7.11 Å². The van der Waals surface area contributed by atoms with Crippen molar-refractivity contribution in [3.8, 4) is 17.1 Å². The molecule has 4 rings (SSSR count). The summed E-state index contributed by atoms with van der Waals surface area (Å²) >= 11 is 6.25. The van der Waals surface area contributed by atoms with Gasteiger partial charge in [-0.1, -0.05) is 35.9 Å². The van der Waals surface area contributed by atoms with E-state index in [1.165, 1.54) is 4.68 Å². The average molecular weight is 420 g/mol. The highest BCUT2D eigenvalue weighted by molar-refractivity contribution is 6.31. The molecule has 7 nitrogen and oxygen atoms in total. The van der Waals surface area contributed by atoms with Crippen molar-refractivity contribution in [2.24, 2.45) is 0 Å². The molecule has 4 aromatic rings. The number of nitrogens with one attached hydrogen (secondary N) is 1. The first kappa shape index (κ1) is 19.6. The lowest BCUT2D eigenvalue weighted by molar-refractivity contribution is 0.0942. The first-order chi connectivity index (χ1) is 14.7. The van der Waals surface area contributed by atoms with E-state index in [4.69, 9.17) is 16.3 Å². The van der Waals surface area contributed by atoms with Gasteiger partial charge >= 0.3 is 0 Å². The van der Waals surface area contributed by atoms with Crippen LogP contribution in [0, 0.1) is 0 Å². The molecule has 150 valence electrons. The smallest absolute Gasteiger partial charge is 0.299 e. The van der Waals surface area contributed by atoms with Gasteiger partial charge in [0.25, 0.3) is 5.91 Å². The summed E-state index contributed by atoms with van der Waals surface area (Å²) in [5.41, 5.74) is 1.90. The minimum Gasteiger partial charge on any atom is -0.497 e.